The Bertz CT molecular complexity index is 921. The first-order valence-corrected chi connectivity index (χ1v) is 11.3. The second-order valence-electron chi connectivity index (χ2n) is 8.60. The highest BCUT2D eigenvalue weighted by molar-refractivity contribution is 5.94. The number of carboxylic acids is 2. The Kier molecular flexibility index (Phi) is 8.21. The van der Waals surface area contributed by atoms with Gasteiger partial charge in [0.2, 0.25) is 17.7 Å². The number of H-pyrrole nitrogens is 1. The fourth-order valence-corrected chi connectivity index (χ4v) is 4.49. The molecular formula is C21H30N6O7. The molecule has 34 heavy (non-hydrogen) atoms. The van der Waals surface area contributed by atoms with E-state index in [0.717, 1.165) is 0 Å². The van der Waals surface area contributed by atoms with Crippen LogP contribution in [-0.4, -0.2) is 96.9 Å². The van der Waals surface area contributed by atoms with E-state index in [1.165, 1.54) is 22.3 Å². The van der Waals surface area contributed by atoms with Crippen molar-refractivity contribution in [2.75, 3.05) is 13.1 Å². The Labute approximate surface area is 195 Å². The lowest BCUT2D eigenvalue weighted by molar-refractivity contribution is -0.149. The Balaban J connectivity index is 1.72. The van der Waals surface area contributed by atoms with Crippen LogP contribution in [0.1, 0.15) is 44.2 Å². The smallest absolute Gasteiger partial charge is 0.326 e. The molecule has 4 atom stereocenters. The van der Waals surface area contributed by atoms with Crippen LogP contribution in [0.5, 0.6) is 0 Å². The first-order chi connectivity index (χ1) is 16.2. The van der Waals surface area contributed by atoms with Crippen LogP contribution in [0.4, 0.5) is 0 Å². The number of imidazole rings is 1. The van der Waals surface area contributed by atoms with Gasteiger partial charge in [0.05, 0.1) is 12.4 Å². The second-order valence-corrected chi connectivity index (χ2v) is 8.60. The molecule has 13 nitrogen and oxygen atoms in total. The number of aromatic amines is 1. The minimum atomic E-state index is -1.10. The number of carboxylic acid groups (broad SMARTS) is 2. The lowest BCUT2D eigenvalue weighted by atomic mass is 10.1. The molecule has 0 radical (unpaired) electrons. The van der Waals surface area contributed by atoms with E-state index >= 15 is 0 Å². The van der Waals surface area contributed by atoms with Crippen LogP contribution in [-0.2, 0) is 30.4 Å². The lowest BCUT2D eigenvalue weighted by Gasteiger charge is -2.30. The molecule has 0 spiro atoms. The van der Waals surface area contributed by atoms with E-state index in [1.54, 1.807) is 0 Å². The van der Waals surface area contributed by atoms with Crippen molar-refractivity contribution in [3.05, 3.63) is 18.2 Å². The van der Waals surface area contributed by atoms with Crippen LogP contribution >= 0.6 is 0 Å². The zero-order valence-corrected chi connectivity index (χ0v) is 18.7. The van der Waals surface area contributed by atoms with Gasteiger partial charge in [-0.1, -0.05) is 0 Å². The van der Waals surface area contributed by atoms with E-state index in [2.05, 4.69) is 15.3 Å². The number of nitrogens with two attached hydrogens (primary N) is 1. The Morgan fingerprint density at radius 2 is 1.74 bits per heavy atom. The van der Waals surface area contributed by atoms with Gasteiger partial charge in [0, 0.05) is 37.8 Å². The van der Waals surface area contributed by atoms with Crippen LogP contribution in [0.3, 0.4) is 0 Å². The third-order valence-electron chi connectivity index (χ3n) is 6.24. The number of nitrogens with one attached hydrogen (secondary N) is 2. The molecule has 4 unspecified atom stereocenters. The van der Waals surface area contributed by atoms with Crippen molar-refractivity contribution < 1.29 is 34.2 Å². The normalized spacial score (nSPS) is 21.8. The second kappa shape index (κ2) is 11.1. The van der Waals surface area contributed by atoms with Crippen LogP contribution in [0.15, 0.2) is 12.5 Å². The van der Waals surface area contributed by atoms with Gasteiger partial charge in [0.25, 0.3) is 0 Å². The Hall–Kier alpha value is -3.48. The topological polar surface area (TPSA) is 199 Å². The summed E-state index contributed by atoms with van der Waals surface area (Å²) in [6.45, 7) is 0.571. The van der Waals surface area contributed by atoms with Gasteiger partial charge in [-0.25, -0.2) is 9.78 Å². The standard InChI is InChI=1S/C21H30N6O7/c22-13(5-6-17(28)29)19(31)26-7-1-3-15(26)18(30)25-14(9-12-10-23-11-24-12)20(32)27-8-2-4-16(27)21(33)34/h10-11,13-16H,1-9,22H2,(H,23,24)(H,25,30)(H,28,29)(H,33,34). The van der Waals surface area contributed by atoms with Gasteiger partial charge in [-0.15, -0.1) is 0 Å². The molecule has 0 saturated carbocycles. The average molecular weight is 479 g/mol. The highest BCUT2D eigenvalue weighted by atomic mass is 16.4. The number of likely N-dealkylation sites (tertiary alicyclic amines) is 2. The summed E-state index contributed by atoms with van der Waals surface area (Å²) in [7, 11) is 0. The summed E-state index contributed by atoms with van der Waals surface area (Å²) >= 11 is 0. The van der Waals surface area contributed by atoms with Gasteiger partial charge >= 0.3 is 11.9 Å². The maximum absolute atomic E-state index is 13.3. The predicted octanol–water partition coefficient (Wildman–Crippen LogP) is -1.30. The molecule has 13 heteroatoms. The zero-order valence-electron chi connectivity index (χ0n) is 18.7. The van der Waals surface area contributed by atoms with Crippen LogP contribution in [0.25, 0.3) is 0 Å². The summed E-state index contributed by atoms with van der Waals surface area (Å²) in [5.41, 5.74) is 6.44. The number of rotatable bonds is 10. The molecule has 0 aromatic carbocycles. The quantitative estimate of drug-likeness (QED) is 0.271. The van der Waals surface area contributed by atoms with Crippen molar-refractivity contribution in [2.45, 2.75) is 69.1 Å². The zero-order chi connectivity index (χ0) is 24.8. The summed E-state index contributed by atoms with van der Waals surface area (Å²) in [5.74, 6) is -3.73. The molecule has 0 bridgehead atoms. The highest BCUT2D eigenvalue weighted by Gasteiger charge is 2.41. The molecular weight excluding hydrogens is 448 g/mol. The van der Waals surface area contributed by atoms with Gasteiger partial charge in [-0.3, -0.25) is 19.2 Å². The molecule has 3 amide bonds. The molecule has 1 aromatic heterocycles. The van der Waals surface area contributed by atoms with E-state index in [9.17, 15) is 29.1 Å². The molecule has 0 aliphatic carbocycles. The fourth-order valence-electron chi connectivity index (χ4n) is 4.49. The van der Waals surface area contributed by atoms with Gasteiger partial charge in [-0.05, 0) is 32.1 Å². The van der Waals surface area contributed by atoms with Crippen molar-refractivity contribution >= 4 is 29.7 Å². The molecule has 2 saturated heterocycles. The average Bonchev–Trinajstić information content (AvgIpc) is 3.56. The summed E-state index contributed by atoms with van der Waals surface area (Å²) in [4.78, 5) is 70.9. The molecule has 2 aliphatic heterocycles. The van der Waals surface area contributed by atoms with Gasteiger partial charge in [0.1, 0.15) is 18.1 Å². The summed E-state index contributed by atoms with van der Waals surface area (Å²) in [5, 5.41) is 21.0. The molecule has 2 fully saturated rings. The monoisotopic (exact) mass is 478 g/mol. The number of carbonyl (C=O) groups excluding carboxylic acids is 3. The van der Waals surface area contributed by atoms with Crippen molar-refractivity contribution in [3.8, 4) is 0 Å². The van der Waals surface area contributed by atoms with Gasteiger partial charge in [0.15, 0.2) is 0 Å². The fraction of sp³-hybridized carbons (Fsp3) is 0.619. The third kappa shape index (κ3) is 5.90. The number of amides is 3. The van der Waals surface area contributed by atoms with Crippen molar-refractivity contribution in [2.24, 2.45) is 5.73 Å². The van der Waals surface area contributed by atoms with Gasteiger partial charge in [-0.2, -0.15) is 0 Å². The summed E-state index contributed by atoms with van der Waals surface area (Å²) < 4.78 is 0. The minimum absolute atomic E-state index is 0.0501. The van der Waals surface area contributed by atoms with Crippen molar-refractivity contribution in [1.29, 1.82) is 0 Å². The molecule has 186 valence electrons. The van der Waals surface area contributed by atoms with E-state index in [0.29, 0.717) is 37.9 Å². The maximum Gasteiger partial charge on any atom is 0.326 e. The molecule has 3 rings (SSSR count). The predicted molar refractivity (Wildman–Crippen MR) is 116 cm³/mol. The molecule has 1 aromatic rings. The summed E-state index contributed by atoms with van der Waals surface area (Å²) in [6, 6.07) is -3.90. The largest absolute Gasteiger partial charge is 0.481 e. The van der Waals surface area contributed by atoms with E-state index in [4.69, 9.17) is 10.8 Å². The third-order valence-corrected chi connectivity index (χ3v) is 6.24. The SMILES string of the molecule is NC(CCC(=O)O)C(=O)N1CCCC1C(=O)NC(Cc1cnc[nH]1)C(=O)N1CCCC1C(=O)O. The van der Waals surface area contributed by atoms with Gasteiger partial charge < -0.3 is 36.0 Å². The van der Waals surface area contributed by atoms with Crippen molar-refractivity contribution in [1.82, 2.24) is 25.1 Å². The maximum atomic E-state index is 13.3. The van der Waals surface area contributed by atoms with Crippen LogP contribution in [0, 0.1) is 0 Å². The first-order valence-electron chi connectivity index (χ1n) is 11.3. The first kappa shape index (κ1) is 25.1. The van der Waals surface area contributed by atoms with E-state index in [1.807, 2.05) is 0 Å². The highest BCUT2D eigenvalue weighted by Crippen LogP contribution is 2.22. The number of nitrogens with zero attached hydrogens (tertiary/aromatic N) is 3. The van der Waals surface area contributed by atoms with E-state index in [-0.39, 0.29) is 25.8 Å². The lowest BCUT2D eigenvalue weighted by Crippen LogP contribution is -2.57. The summed E-state index contributed by atoms with van der Waals surface area (Å²) in [6.07, 6.45) is 4.52. The number of hydrogen-bond donors (Lipinski definition) is 5. The molecule has 3 heterocycles. The number of aromatic nitrogens is 2. The Morgan fingerprint density at radius 1 is 1.09 bits per heavy atom. The molecule has 2 aliphatic rings. The number of hydrogen-bond acceptors (Lipinski definition) is 7. The van der Waals surface area contributed by atoms with Crippen LogP contribution < -0.4 is 11.1 Å². The number of carbonyl (C=O) groups is 5. The Morgan fingerprint density at radius 3 is 2.32 bits per heavy atom. The van der Waals surface area contributed by atoms with E-state index < -0.39 is 53.8 Å². The number of aliphatic carboxylic acids is 2. The van der Waals surface area contributed by atoms with Crippen molar-refractivity contribution in [3.63, 3.8) is 0 Å². The van der Waals surface area contributed by atoms with Crippen LogP contribution in [0.2, 0.25) is 0 Å². The minimum Gasteiger partial charge on any atom is -0.481 e. The molecule has 6 N–H and O–H groups in total.